The predicted octanol–water partition coefficient (Wildman–Crippen LogP) is 3.55. The van der Waals surface area contributed by atoms with E-state index in [0.29, 0.717) is 6.54 Å². The van der Waals surface area contributed by atoms with Crippen molar-refractivity contribution in [1.82, 2.24) is 0 Å². The van der Waals surface area contributed by atoms with Crippen molar-refractivity contribution in [3.05, 3.63) is 21.7 Å². The zero-order valence-corrected chi connectivity index (χ0v) is 13.5. The summed E-state index contributed by atoms with van der Waals surface area (Å²) >= 11 is 3.64. The van der Waals surface area contributed by atoms with E-state index < -0.39 is 0 Å². The molecule has 19 heavy (non-hydrogen) atoms. The third kappa shape index (κ3) is 2.36. The number of benzene rings is 1. The van der Waals surface area contributed by atoms with Crippen molar-refractivity contribution in [3.63, 3.8) is 0 Å². The highest BCUT2D eigenvalue weighted by Crippen LogP contribution is 2.49. The van der Waals surface area contributed by atoms with Gasteiger partial charge in [0, 0.05) is 23.1 Å². The van der Waals surface area contributed by atoms with Crippen molar-refractivity contribution < 1.29 is 9.47 Å². The van der Waals surface area contributed by atoms with E-state index in [4.69, 9.17) is 15.2 Å². The molecule has 1 saturated carbocycles. The van der Waals surface area contributed by atoms with E-state index in [1.54, 1.807) is 14.2 Å². The Morgan fingerprint density at radius 1 is 1.26 bits per heavy atom. The third-order valence-corrected chi connectivity index (χ3v) is 5.32. The summed E-state index contributed by atoms with van der Waals surface area (Å²) in [4.78, 5) is 0. The second-order valence-corrected chi connectivity index (χ2v) is 6.08. The first kappa shape index (κ1) is 14.7. The molecule has 0 spiro atoms. The molecule has 106 valence electrons. The number of nitrogens with two attached hydrogens (primary N) is 1. The zero-order valence-electron chi connectivity index (χ0n) is 11.9. The monoisotopic (exact) mass is 327 g/mol. The van der Waals surface area contributed by atoms with Crippen LogP contribution in [0.15, 0.2) is 10.5 Å². The molecule has 0 radical (unpaired) electrons. The Morgan fingerprint density at radius 2 is 1.89 bits per heavy atom. The smallest absolute Gasteiger partial charge is 0.137 e. The number of methoxy groups -OCH3 is 2. The number of hydrogen-bond acceptors (Lipinski definition) is 3. The fourth-order valence-corrected chi connectivity index (χ4v) is 3.71. The molecule has 1 aromatic carbocycles. The molecule has 0 aromatic heterocycles. The summed E-state index contributed by atoms with van der Waals surface area (Å²) in [6.45, 7) is 2.68. The van der Waals surface area contributed by atoms with Gasteiger partial charge >= 0.3 is 0 Å². The first-order valence-electron chi connectivity index (χ1n) is 6.71. The van der Waals surface area contributed by atoms with Crippen molar-refractivity contribution in [2.24, 2.45) is 5.73 Å². The molecular formula is C15H22BrNO2. The van der Waals surface area contributed by atoms with Gasteiger partial charge in [0.1, 0.15) is 11.5 Å². The number of halogens is 1. The summed E-state index contributed by atoms with van der Waals surface area (Å²) in [5.41, 5.74) is 8.38. The first-order chi connectivity index (χ1) is 9.09. The van der Waals surface area contributed by atoms with Gasteiger partial charge in [-0.1, -0.05) is 12.8 Å². The highest BCUT2D eigenvalue weighted by atomic mass is 79.9. The summed E-state index contributed by atoms with van der Waals surface area (Å²) < 4.78 is 12.1. The van der Waals surface area contributed by atoms with E-state index in [-0.39, 0.29) is 5.41 Å². The molecule has 2 N–H and O–H groups in total. The van der Waals surface area contributed by atoms with E-state index in [2.05, 4.69) is 22.0 Å². The van der Waals surface area contributed by atoms with Crippen molar-refractivity contribution >= 4 is 15.9 Å². The predicted molar refractivity (Wildman–Crippen MR) is 81.2 cm³/mol. The van der Waals surface area contributed by atoms with Crippen LogP contribution in [0.25, 0.3) is 0 Å². The molecule has 0 atom stereocenters. The largest absolute Gasteiger partial charge is 0.496 e. The lowest BCUT2D eigenvalue weighted by molar-refractivity contribution is 0.366. The summed E-state index contributed by atoms with van der Waals surface area (Å²) in [6, 6.07) is 2.11. The highest BCUT2D eigenvalue weighted by Gasteiger charge is 2.38. The van der Waals surface area contributed by atoms with Gasteiger partial charge in [0.25, 0.3) is 0 Å². The molecule has 1 fully saturated rings. The molecule has 1 aromatic rings. The van der Waals surface area contributed by atoms with Gasteiger partial charge in [0.05, 0.1) is 18.7 Å². The number of hydrogen-bond donors (Lipinski definition) is 1. The Bertz CT molecular complexity index is 468. The molecule has 1 aliphatic rings. The Kier molecular flexibility index (Phi) is 4.41. The lowest BCUT2D eigenvalue weighted by Crippen LogP contribution is -2.32. The average Bonchev–Trinajstić information content (AvgIpc) is 2.91. The fraction of sp³-hybridized carbons (Fsp3) is 0.600. The van der Waals surface area contributed by atoms with Gasteiger partial charge in [-0.05, 0) is 41.8 Å². The molecule has 3 nitrogen and oxygen atoms in total. The summed E-state index contributed by atoms with van der Waals surface area (Å²) in [6.07, 6.45) is 4.71. The fourth-order valence-electron chi connectivity index (χ4n) is 3.14. The zero-order chi connectivity index (χ0) is 14.0. The SMILES string of the molecule is COc1cc(C2(CN)CCCC2)c(OC)c(Br)c1C. The molecular weight excluding hydrogens is 306 g/mol. The van der Waals surface area contributed by atoms with Gasteiger partial charge in [0.15, 0.2) is 0 Å². The van der Waals surface area contributed by atoms with Gasteiger partial charge in [0.2, 0.25) is 0 Å². The van der Waals surface area contributed by atoms with E-state index in [1.165, 1.54) is 18.4 Å². The van der Waals surface area contributed by atoms with Crippen LogP contribution >= 0.6 is 15.9 Å². The van der Waals surface area contributed by atoms with Gasteiger partial charge in [-0.3, -0.25) is 0 Å². The molecule has 0 heterocycles. The Labute approximate surface area is 123 Å². The molecule has 0 aliphatic heterocycles. The minimum absolute atomic E-state index is 0.0366. The van der Waals surface area contributed by atoms with Gasteiger partial charge < -0.3 is 15.2 Å². The first-order valence-corrected chi connectivity index (χ1v) is 7.50. The quantitative estimate of drug-likeness (QED) is 0.919. The van der Waals surface area contributed by atoms with Crippen LogP contribution in [0.1, 0.15) is 36.8 Å². The van der Waals surface area contributed by atoms with Crippen LogP contribution in [0, 0.1) is 6.92 Å². The van der Waals surface area contributed by atoms with Crippen molar-refractivity contribution in [3.8, 4) is 11.5 Å². The van der Waals surface area contributed by atoms with Crippen molar-refractivity contribution in [2.75, 3.05) is 20.8 Å². The van der Waals surface area contributed by atoms with Gasteiger partial charge in [-0.15, -0.1) is 0 Å². The minimum Gasteiger partial charge on any atom is -0.496 e. The molecule has 0 saturated heterocycles. The molecule has 0 amide bonds. The van der Waals surface area contributed by atoms with Crippen LogP contribution in [0.3, 0.4) is 0 Å². The lowest BCUT2D eigenvalue weighted by atomic mass is 9.78. The number of rotatable bonds is 4. The maximum Gasteiger partial charge on any atom is 0.137 e. The van der Waals surface area contributed by atoms with Gasteiger partial charge in [-0.25, -0.2) is 0 Å². The Morgan fingerprint density at radius 3 is 2.37 bits per heavy atom. The van der Waals surface area contributed by atoms with E-state index in [0.717, 1.165) is 34.4 Å². The lowest BCUT2D eigenvalue weighted by Gasteiger charge is -2.31. The second-order valence-electron chi connectivity index (χ2n) is 5.29. The maximum absolute atomic E-state index is 6.09. The highest BCUT2D eigenvalue weighted by molar-refractivity contribution is 9.10. The van der Waals surface area contributed by atoms with Crippen LogP contribution < -0.4 is 15.2 Å². The molecule has 0 bridgehead atoms. The second kappa shape index (κ2) is 5.71. The van der Waals surface area contributed by atoms with E-state index in [1.807, 2.05) is 6.92 Å². The van der Waals surface area contributed by atoms with Crippen LogP contribution in [-0.4, -0.2) is 20.8 Å². The van der Waals surface area contributed by atoms with Crippen molar-refractivity contribution in [1.29, 1.82) is 0 Å². The normalized spacial score (nSPS) is 17.5. The maximum atomic E-state index is 6.09. The average molecular weight is 328 g/mol. The Balaban J connectivity index is 2.64. The van der Waals surface area contributed by atoms with E-state index >= 15 is 0 Å². The minimum atomic E-state index is 0.0366. The van der Waals surface area contributed by atoms with Gasteiger partial charge in [-0.2, -0.15) is 0 Å². The van der Waals surface area contributed by atoms with Crippen LogP contribution in [-0.2, 0) is 5.41 Å². The summed E-state index contributed by atoms with van der Waals surface area (Å²) in [5, 5.41) is 0. The van der Waals surface area contributed by atoms with Crippen molar-refractivity contribution in [2.45, 2.75) is 38.0 Å². The third-order valence-electron chi connectivity index (χ3n) is 4.37. The topological polar surface area (TPSA) is 44.5 Å². The molecule has 0 unspecified atom stereocenters. The molecule has 4 heteroatoms. The van der Waals surface area contributed by atoms with Crippen LogP contribution in [0.4, 0.5) is 0 Å². The molecule has 1 aliphatic carbocycles. The molecule has 2 rings (SSSR count). The summed E-state index contributed by atoms with van der Waals surface area (Å²) in [5.74, 6) is 1.80. The standard InChI is InChI=1S/C15H22BrNO2/c1-10-12(18-2)8-11(14(19-3)13(10)16)15(9-17)6-4-5-7-15/h8H,4-7,9,17H2,1-3H3. The summed E-state index contributed by atoms with van der Waals surface area (Å²) in [7, 11) is 3.42. The van der Waals surface area contributed by atoms with Crippen LogP contribution in [0.2, 0.25) is 0 Å². The van der Waals surface area contributed by atoms with Crippen LogP contribution in [0.5, 0.6) is 11.5 Å². The van der Waals surface area contributed by atoms with E-state index in [9.17, 15) is 0 Å². The Hall–Kier alpha value is -0.740. The number of ether oxygens (including phenoxy) is 2.